The molecule has 20 heavy (non-hydrogen) atoms. The van der Waals surface area contributed by atoms with Gasteiger partial charge in [0.1, 0.15) is 5.82 Å². The van der Waals surface area contributed by atoms with Gasteiger partial charge in [0.15, 0.2) is 0 Å². The molecule has 2 atom stereocenters. The third kappa shape index (κ3) is 4.57. The van der Waals surface area contributed by atoms with Gasteiger partial charge in [-0.25, -0.2) is 4.39 Å². The van der Waals surface area contributed by atoms with Crippen molar-refractivity contribution < 1.29 is 4.39 Å². The van der Waals surface area contributed by atoms with Gasteiger partial charge in [-0.3, -0.25) is 0 Å². The molecule has 3 heteroatoms. The Morgan fingerprint density at radius 2 is 1.85 bits per heavy atom. The molecule has 0 aliphatic carbocycles. The number of aryl methyl sites for hydroxylation is 1. The molecule has 0 radical (unpaired) electrons. The van der Waals surface area contributed by atoms with Gasteiger partial charge >= 0.3 is 0 Å². The lowest BCUT2D eigenvalue weighted by atomic mass is 10.0. The Balaban J connectivity index is 1.93. The lowest BCUT2D eigenvalue weighted by molar-refractivity contribution is 0.187. The molecule has 1 aromatic rings. The molecular formula is C17H27FN2. The van der Waals surface area contributed by atoms with Crippen LogP contribution >= 0.6 is 0 Å². The number of nitrogens with zero attached hydrogens (tertiary/aromatic N) is 1. The molecule has 2 nitrogen and oxygen atoms in total. The largest absolute Gasteiger partial charge is 0.316 e. The second kappa shape index (κ2) is 7.19. The van der Waals surface area contributed by atoms with E-state index in [2.05, 4.69) is 24.1 Å². The van der Waals surface area contributed by atoms with Gasteiger partial charge in [0, 0.05) is 19.6 Å². The Morgan fingerprint density at radius 1 is 1.20 bits per heavy atom. The minimum Gasteiger partial charge on any atom is -0.316 e. The van der Waals surface area contributed by atoms with Gasteiger partial charge in [-0.15, -0.1) is 0 Å². The summed E-state index contributed by atoms with van der Waals surface area (Å²) in [7, 11) is 0. The van der Waals surface area contributed by atoms with Crippen LogP contribution in [0.3, 0.4) is 0 Å². The van der Waals surface area contributed by atoms with Crippen LogP contribution in [-0.4, -0.2) is 37.6 Å². The van der Waals surface area contributed by atoms with Gasteiger partial charge in [-0.05, 0) is 61.5 Å². The van der Waals surface area contributed by atoms with E-state index >= 15 is 0 Å². The summed E-state index contributed by atoms with van der Waals surface area (Å²) in [5, 5.41) is 3.53. The predicted octanol–water partition coefficient (Wildman–Crippen LogP) is 2.85. The first-order valence-corrected chi connectivity index (χ1v) is 7.72. The second-order valence-electron chi connectivity index (χ2n) is 6.45. The van der Waals surface area contributed by atoms with E-state index in [0.717, 1.165) is 44.7 Å². The highest BCUT2D eigenvalue weighted by atomic mass is 19.1. The molecule has 2 unspecified atom stereocenters. The fourth-order valence-electron chi connectivity index (χ4n) is 3.06. The summed E-state index contributed by atoms with van der Waals surface area (Å²) in [5.74, 6) is 1.25. The SMILES string of the molecule is Cc1cc(F)ccc1CCN1CC(C)CNCC(C)C1. The monoisotopic (exact) mass is 278 g/mol. The van der Waals surface area contributed by atoms with Crippen molar-refractivity contribution in [1.82, 2.24) is 10.2 Å². The molecular weight excluding hydrogens is 251 g/mol. The van der Waals surface area contributed by atoms with E-state index < -0.39 is 0 Å². The molecule has 1 fully saturated rings. The van der Waals surface area contributed by atoms with Crippen LogP contribution in [0, 0.1) is 24.6 Å². The number of hydrogen-bond acceptors (Lipinski definition) is 2. The molecule has 0 aromatic heterocycles. The highest BCUT2D eigenvalue weighted by Crippen LogP contribution is 2.13. The molecule has 1 aliphatic heterocycles. The van der Waals surface area contributed by atoms with Crippen LogP contribution < -0.4 is 5.32 Å². The second-order valence-corrected chi connectivity index (χ2v) is 6.45. The van der Waals surface area contributed by atoms with Crippen molar-refractivity contribution in [2.45, 2.75) is 27.2 Å². The van der Waals surface area contributed by atoms with Crippen molar-refractivity contribution in [1.29, 1.82) is 0 Å². The third-order valence-electron chi connectivity index (χ3n) is 4.13. The van der Waals surface area contributed by atoms with E-state index in [1.807, 2.05) is 13.0 Å². The Kier molecular flexibility index (Phi) is 5.55. The molecule has 1 saturated heterocycles. The number of rotatable bonds is 3. The average Bonchev–Trinajstić information content (AvgIpc) is 2.35. The first kappa shape index (κ1) is 15.5. The molecule has 1 heterocycles. The van der Waals surface area contributed by atoms with E-state index in [0.29, 0.717) is 11.8 Å². The van der Waals surface area contributed by atoms with Gasteiger partial charge in [0.05, 0.1) is 0 Å². The van der Waals surface area contributed by atoms with Crippen molar-refractivity contribution in [2.75, 3.05) is 32.7 Å². The number of hydrogen-bond donors (Lipinski definition) is 1. The van der Waals surface area contributed by atoms with E-state index in [1.54, 1.807) is 12.1 Å². The molecule has 0 amide bonds. The highest BCUT2D eigenvalue weighted by Gasteiger charge is 2.17. The maximum Gasteiger partial charge on any atom is 0.123 e. The minimum absolute atomic E-state index is 0.133. The van der Waals surface area contributed by atoms with Crippen LogP contribution in [0.5, 0.6) is 0 Å². The molecule has 1 aromatic carbocycles. The number of nitrogens with one attached hydrogen (secondary N) is 1. The van der Waals surface area contributed by atoms with Crippen molar-refractivity contribution in [3.05, 3.63) is 35.1 Å². The van der Waals surface area contributed by atoms with Crippen LogP contribution in [0.1, 0.15) is 25.0 Å². The Morgan fingerprint density at radius 3 is 2.45 bits per heavy atom. The minimum atomic E-state index is -0.133. The van der Waals surface area contributed by atoms with Crippen molar-refractivity contribution in [3.8, 4) is 0 Å². The molecule has 0 saturated carbocycles. The number of halogens is 1. The fraction of sp³-hybridized carbons (Fsp3) is 0.647. The lowest BCUT2D eigenvalue weighted by Gasteiger charge is -2.31. The third-order valence-corrected chi connectivity index (χ3v) is 4.13. The van der Waals surface area contributed by atoms with Crippen molar-refractivity contribution in [2.24, 2.45) is 11.8 Å². The molecule has 1 N–H and O–H groups in total. The van der Waals surface area contributed by atoms with Crippen LogP contribution in [0.2, 0.25) is 0 Å². The van der Waals surface area contributed by atoms with Crippen LogP contribution in [0.4, 0.5) is 4.39 Å². The zero-order valence-electron chi connectivity index (χ0n) is 13.0. The van der Waals surface area contributed by atoms with Crippen LogP contribution in [0.15, 0.2) is 18.2 Å². The van der Waals surface area contributed by atoms with E-state index in [9.17, 15) is 4.39 Å². The number of benzene rings is 1. The molecule has 0 spiro atoms. The van der Waals surface area contributed by atoms with E-state index in [-0.39, 0.29) is 5.82 Å². The average molecular weight is 278 g/mol. The van der Waals surface area contributed by atoms with Crippen molar-refractivity contribution >= 4 is 0 Å². The smallest absolute Gasteiger partial charge is 0.123 e. The zero-order valence-corrected chi connectivity index (χ0v) is 13.0. The summed E-state index contributed by atoms with van der Waals surface area (Å²) >= 11 is 0. The lowest BCUT2D eigenvalue weighted by Crippen LogP contribution is -2.43. The van der Waals surface area contributed by atoms with E-state index in [4.69, 9.17) is 0 Å². The molecule has 0 bridgehead atoms. The van der Waals surface area contributed by atoms with E-state index in [1.165, 1.54) is 5.56 Å². The highest BCUT2D eigenvalue weighted by molar-refractivity contribution is 5.26. The Hall–Kier alpha value is -0.930. The summed E-state index contributed by atoms with van der Waals surface area (Å²) in [6, 6.07) is 5.14. The topological polar surface area (TPSA) is 15.3 Å². The van der Waals surface area contributed by atoms with Crippen LogP contribution in [0.25, 0.3) is 0 Å². The maximum absolute atomic E-state index is 13.1. The molecule has 1 aliphatic rings. The summed E-state index contributed by atoms with van der Waals surface area (Å²) in [6.45, 7) is 12.2. The summed E-state index contributed by atoms with van der Waals surface area (Å²) < 4.78 is 13.1. The van der Waals surface area contributed by atoms with Gasteiger partial charge in [0.25, 0.3) is 0 Å². The van der Waals surface area contributed by atoms with Gasteiger partial charge in [-0.1, -0.05) is 19.9 Å². The van der Waals surface area contributed by atoms with Gasteiger partial charge in [-0.2, -0.15) is 0 Å². The molecule has 2 rings (SSSR count). The molecule has 112 valence electrons. The van der Waals surface area contributed by atoms with Gasteiger partial charge < -0.3 is 10.2 Å². The van der Waals surface area contributed by atoms with Gasteiger partial charge in [0.2, 0.25) is 0 Å². The maximum atomic E-state index is 13.1. The predicted molar refractivity (Wildman–Crippen MR) is 82.5 cm³/mol. The summed E-state index contributed by atoms with van der Waals surface area (Å²) in [5.41, 5.74) is 2.34. The summed E-state index contributed by atoms with van der Waals surface area (Å²) in [4.78, 5) is 2.57. The Labute approximate surface area is 122 Å². The zero-order chi connectivity index (χ0) is 14.5. The standard InChI is InChI=1S/C17H27FN2/c1-13-9-19-10-14(2)12-20(11-13)7-6-16-4-5-17(18)8-15(16)3/h4-5,8,13-14,19H,6-7,9-12H2,1-3H3. The first-order chi connectivity index (χ1) is 9.54. The Bertz CT molecular complexity index is 421. The van der Waals surface area contributed by atoms with Crippen molar-refractivity contribution in [3.63, 3.8) is 0 Å². The van der Waals surface area contributed by atoms with Crippen LogP contribution in [-0.2, 0) is 6.42 Å². The fourth-order valence-corrected chi connectivity index (χ4v) is 3.06. The first-order valence-electron chi connectivity index (χ1n) is 7.72. The summed E-state index contributed by atoms with van der Waals surface area (Å²) in [6.07, 6.45) is 1.01. The normalized spacial score (nSPS) is 25.2. The quantitative estimate of drug-likeness (QED) is 0.914.